The maximum absolute atomic E-state index is 12.1. The molecule has 1 unspecified atom stereocenters. The Hall–Kier alpha value is -0.780. The molecule has 2 rings (SSSR count). The standard InChI is InChI=1S/C14H22N2O2S.ClH/c1-14(2)6-4-7-15-11(14)9-16-13(17)12-10(18-3)5-8-19-12;/h5,8,11,15H,4,6-7,9H2,1-3H3,(H,16,17);1H. The number of amides is 1. The molecule has 4 nitrogen and oxygen atoms in total. The number of carbonyl (C=O) groups excluding carboxylic acids is 1. The molecule has 1 saturated heterocycles. The molecule has 2 N–H and O–H groups in total. The second kappa shape index (κ2) is 7.29. The average molecular weight is 319 g/mol. The van der Waals surface area contributed by atoms with Crippen molar-refractivity contribution in [3.05, 3.63) is 16.3 Å². The summed E-state index contributed by atoms with van der Waals surface area (Å²) in [7, 11) is 1.59. The van der Waals surface area contributed by atoms with E-state index in [9.17, 15) is 4.79 Å². The zero-order chi connectivity index (χ0) is 13.9. The fourth-order valence-electron chi connectivity index (χ4n) is 2.52. The van der Waals surface area contributed by atoms with E-state index >= 15 is 0 Å². The second-order valence-corrected chi connectivity index (χ2v) is 6.54. The van der Waals surface area contributed by atoms with Crippen LogP contribution in [0.15, 0.2) is 11.4 Å². The lowest BCUT2D eigenvalue weighted by Gasteiger charge is -2.39. The van der Waals surface area contributed by atoms with Crippen molar-refractivity contribution < 1.29 is 9.53 Å². The van der Waals surface area contributed by atoms with E-state index in [0.29, 0.717) is 23.2 Å². The summed E-state index contributed by atoms with van der Waals surface area (Å²) >= 11 is 1.41. The Kier molecular flexibility index (Phi) is 6.30. The zero-order valence-electron chi connectivity index (χ0n) is 12.2. The van der Waals surface area contributed by atoms with Crippen molar-refractivity contribution >= 4 is 29.7 Å². The third-order valence-corrected chi connectivity index (χ3v) is 4.75. The summed E-state index contributed by atoms with van der Waals surface area (Å²) in [5.74, 6) is 0.605. The molecule has 0 aliphatic carbocycles. The fourth-order valence-corrected chi connectivity index (χ4v) is 3.29. The van der Waals surface area contributed by atoms with Crippen LogP contribution in [0, 0.1) is 5.41 Å². The molecule has 1 fully saturated rings. The highest BCUT2D eigenvalue weighted by Gasteiger charge is 2.32. The lowest BCUT2D eigenvalue weighted by Crippen LogP contribution is -2.52. The molecule has 1 aromatic rings. The molecule has 1 aliphatic heterocycles. The van der Waals surface area contributed by atoms with Crippen LogP contribution in [0.1, 0.15) is 36.4 Å². The van der Waals surface area contributed by atoms with Crippen molar-refractivity contribution in [3.8, 4) is 5.75 Å². The van der Waals surface area contributed by atoms with E-state index in [1.165, 1.54) is 24.2 Å². The third-order valence-electron chi connectivity index (χ3n) is 3.85. The van der Waals surface area contributed by atoms with Crippen LogP contribution < -0.4 is 15.4 Å². The quantitative estimate of drug-likeness (QED) is 0.897. The van der Waals surface area contributed by atoms with Crippen molar-refractivity contribution in [1.29, 1.82) is 0 Å². The van der Waals surface area contributed by atoms with Crippen molar-refractivity contribution in [1.82, 2.24) is 10.6 Å². The number of thiophene rings is 1. The molecule has 0 aromatic carbocycles. The minimum atomic E-state index is -0.0463. The summed E-state index contributed by atoms with van der Waals surface area (Å²) < 4.78 is 5.17. The normalized spacial score (nSPS) is 20.9. The number of piperidine rings is 1. The van der Waals surface area contributed by atoms with Crippen LogP contribution in [0.5, 0.6) is 5.75 Å². The summed E-state index contributed by atoms with van der Waals surface area (Å²) in [4.78, 5) is 12.8. The Balaban J connectivity index is 0.00000200. The first-order chi connectivity index (χ1) is 9.04. The van der Waals surface area contributed by atoms with E-state index in [0.717, 1.165) is 6.54 Å². The molecule has 114 valence electrons. The van der Waals surface area contributed by atoms with E-state index < -0.39 is 0 Å². The van der Waals surface area contributed by atoms with Crippen molar-refractivity contribution in [2.24, 2.45) is 5.41 Å². The Morgan fingerprint density at radius 1 is 1.60 bits per heavy atom. The van der Waals surface area contributed by atoms with Crippen LogP contribution in [0.25, 0.3) is 0 Å². The van der Waals surface area contributed by atoms with Gasteiger partial charge in [0.05, 0.1) is 7.11 Å². The highest BCUT2D eigenvalue weighted by Crippen LogP contribution is 2.30. The Morgan fingerprint density at radius 3 is 3.00 bits per heavy atom. The summed E-state index contributed by atoms with van der Waals surface area (Å²) in [5.41, 5.74) is 0.227. The number of nitrogens with one attached hydrogen (secondary N) is 2. The van der Waals surface area contributed by atoms with Crippen molar-refractivity contribution in [2.45, 2.75) is 32.7 Å². The van der Waals surface area contributed by atoms with Gasteiger partial charge in [-0.05, 0) is 36.2 Å². The van der Waals surface area contributed by atoms with E-state index in [-0.39, 0.29) is 23.7 Å². The number of hydrogen-bond donors (Lipinski definition) is 2. The van der Waals surface area contributed by atoms with Gasteiger partial charge >= 0.3 is 0 Å². The second-order valence-electron chi connectivity index (χ2n) is 5.63. The molecule has 6 heteroatoms. The summed E-state index contributed by atoms with van der Waals surface area (Å²) in [6.45, 7) is 6.20. The van der Waals surface area contributed by atoms with Gasteiger partial charge in [0.2, 0.25) is 0 Å². The van der Waals surface area contributed by atoms with Gasteiger partial charge in [0.15, 0.2) is 0 Å². The van der Waals surface area contributed by atoms with Gasteiger partial charge in [-0.25, -0.2) is 0 Å². The molecule has 1 amide bonds. The monoisotopic (exact) mass is 318 g/mol. The molecule has 0 radical (unpaired) electrons. The first kappa shape index (κ1) is 17.3. The van der Waals surface area contributed by atoms with Gasteiger partial charge in [-0.2, -0.15) is 0 Å². The molecule has 1 atom stereocenters. The van der Waals surface area contributed by atoms with Crippen LogP contribution in [0.3, 0.4) is 0 Å². The molecule has 2 heterocycles. The number of ether oxygens (including phenoxy) is 1. The van der Waals surface area contributed by atoms with Gasteiger partial charge in [0.1, 0.15) is 10.6 Å². The lowest BCUT2D eigenvalue weighted by atomic mass is 9.77. The fraction of sp³-hybridized carbons (Fsp3) is 0.643. The third kappa shape index (κ3) is 3.87. The number of halogens is 1. The molecule has 0 spiro atoms. The summed E-state index contributed by atoms with van der Waals surface area (Å²) in [6.07, 6.45) is 2.40. The predicted octanol–water partition coefficient (Wildman–Crippen LogP) is 2.69. The summed E-state index contributed by atoms with van der Waals surface area (Å²) in [6, 6.07) is 2.15. The molecular weight excluding hydrogens is 296 g/mol. The van der Waals surface area contributed by atoms with Crippen LogP contribution in [-0.2, 0) is 0 Å². The smallest absolute Gasteiger partial charge is 0.265 e. The summed E-state index contributed by atoms with van der Waals surface area (Å²) in [5, 5.41) is 8.38. The lowest BCUT2D eigenvalue weighted by molar-refractivity contribution is 0.0930. The zero-order valence-corrected chi connectivity index (χ0v) is 13.8. The van der Waals surface area contributed by atoms with E-state index in [1.807, 2.05) is 11.4 Å². The van der Waals surface area contributed by atoms with E-state index in [4.69, 9.17) is 4.74 Å². The maximum Gasteiger partial charge on any atom is 0.265 e. The van der Waals surface area contributed by atoms with Crippen LogP contribution >= 0.6 is 23.7 Å². The minimum absolute atomic E-state index is 0. The first-order valence-corrected chi connectivity index (χ1v) is 7.55. The molecule has 20 heavy (non-hydrogen) atoms. The SMILES string of the molecule is COc1ccsc1C(=O)NCC1NCCCC1(C)C.Cl. The molecule has 1 aliphatic rings. The molecule has 0 saturated carbocycles. The number of rotatable bonds is 4. The largest absolute Gasteiger partial charge is 0.495 e. The first-order valence-electron chi connectivity index (χ1n) is 6.67. The maximum atomic E-state index is 12.1. The van der Waals surface area contributed by atoms with Crippen LogP contribution in [-0.4, -0.2) is 32.1 Å². The van der Waals surface area contributed by atoms with Crippen molar-refractivity contribution in [2.75, 3.05) is 20.2 Å². The van der Waals surface area contributed by atoms with Gasteiger partial charge in [0, 0.05) is 12.6 Å². The molecule has 0 bridgehead atoms. The van der Waals surface area contributed by atoms with E-state index in [1.54, 1.807) is 7.11 Å². The van der Waals surface area contributed by atoms with Gasteiger partial charge in [0.25, 0.3) is 5.91 Å². The van der Waals surface area contributed by atoms with Gasteiger partial charge in [-0.15, -0.1) is 23.7 Å². The molecular formula is C14H23ClN2O2S. The topological polar surface area (TPSA) is 50.4 Å². The van der Waals surface area contributed by atoms with Crippen LogP contribution in [0.4, 0.5) is 0 Å². The number of hydrogen-bond acceptors (Lipinski definition) is 4. The Morgan fingerprint density at radius 2 is 2.35 bits per heavy atom. The van der Waals surface area contributed by atoms with Gasteiger partial charge in [-0.1, -0.05) is 13.8 Å². The Bertz CT molecular complexity index is 448. The minimum Gasteiger partial charge on any atom is -0.495 e. The molecule has 1 aromatic heterocycles. The average Bonchev–Trinajstić information content (AvgIpc) is 2.85. The highest BCUT2D eigenvalue weighted by molar-refractivity contribution is 7.12. The van der Waals surface area contributed by atoms with E-state index in [2.05, 4.69) is 24.5 Å². The van der Waals surface area contributed by atoms with Gasteiger partial charge < -0.3 is 15.4 Å². The number of methoxy groups -OCH3 is 1. The highest BCUT2D eigenvalue weighted by atomic mass is 35.5. The van der Waals surface area contributed by atoms with Crippen LogP contribution in [0.2, 0.25) is 0 Å². The Labute approximate surface area is 130 Å². The predicted molar refractivity (Wildman–Crippen MR) is 85.3 cm³/mol. The van der Waals surface area contributed by atoms with Gasteiger partial charge in [-0.3, -0.25) is 4.79 Å². The van der Waals surface area contributed by atoms with Crippen molar-refractivity contribution in [3.63, 3.8) is 0 Å². The number of carbonyl (C=O) groups is 1.